The Labute approximate surface area is 102 Å². The summed E-state index contributed by atoms with van der Waals surface area (Å²) in [6.07, 6.45) is 0.932. The normalized spacial score (nSPS) is 21.8. The predicted octanol–water partition coefficient (Wildman–Crippen LogP) is 1.12. The first-order valence-corrected chi connectivity index (χ1v) is 5.38. The lowest BCUT2D eigenvalue weighted by Gasteiger charge is -2.14. The van der Waals surface area contributed by atoms with Crippen LogP contribution in [0, 0.1) is 0 Å². The number of carbonyl (C=O) groups is 1. The monoisotopic (exact) mass is 257 g/mol. The van der Waals surface area contributed by atoms with Crippen molar-refractivity contribution >= 4 is 11.7 Å². The number of alkyl halides is 2. The molecule has 0 saturated carbocycles. The minimum Gasteiger partial charge on any atom is -0.464 e. The molecular weight excluding hydrogens is 244 g/mol. The Bertz CT molecular complexity index is 479. The molecule has 1 aromatic rings. The van der Waals surface area contributed by atoms with Crippen molar-refractivity contribution in [3.05, 3.63) is 23.5 Å². The Morgan fingerprint density at radius 3 is 2.94 bits per heavy atom. The number of nitrogen functional groups attached to an aromatic ring is 1. The van der Waals surface area contributed by atoms with E-state index in [1.807, 2.05) is 0 Å². The summed E-state index contributed by atoms with van der Waals surface area (Å²) >= 11 is 0. The zero-order valence-electron chi connectivity index (χ0n) is 9.74. The smallest absolute Gasteiger partial charge is 0.356 e. The average Bonchev–Trinajstić information content (AvgIpc) is 2.69. The number of ether oxygens (including phenoxy) is 1. The highest BCUT2D eigenvalue weighted by Crippen LogP contribution is 2.36. The third-order valence-corrected chi connectivity index (χ3v) is 2.85. The highest BCUT2D eigenvalue weighted by molar-refractivity contribution is 5.87. The molecule has 1 unspecified atom stereocenters. The van der Waals surface area contributed by atoms with Crippen LogP contribution in [0.15, 0.2) is 12.3 Å². The van der Waals surface area contributed by atoms with Gasteiger partial charge in [0.1, 0.15) is 5.69 Å². The summed E-state index contributed by atoms with van der Waals surface area (Å²) in [5, 5.41) is 2.68. The van der Waals surface area contributed by atoms with Crippen molar-refractivity contribution < 1.29 is 18.3 Å². The van der Waals surface area contributed by atoms with E-state index in [4.69, 9.17) is 5.73 Å². The number of pyridine rings is 1. The Morgan fingerprint density at radius 2 is 2.39 bits per heavy atom. The number of rotatable bonds is 2. The van der Waals surface area contributed by atoms with Gasteiger partial charge in [-0.1, -0.05) is 0 Å². The summed E-state index contributed by atoms with van der Waals surface area (Å²) in [6, 6.07) is 0.812. The number of aromatic nitrogens is 1. The number of nitrogens with two attached hydrogens (primary N) is 1. The first-order chi connectivity index (χ1) is 8.43. The number of nitrogens with one attached hydrogen (secondary N) is 1. The number of hydrogen-bond donors (Lipinski definition) is 2. The number of carbonyl (C=O) groups excluding carboxylic acids is 1. The number of esters is 1. The molecule has 0 bridgehead atoms. The largest absolute Gasteiger partial charge is 0.464 e. The molecular formula is C11H13F2N3O2. The van der Waals surface area contributed by atoms with Crippen LogP contribution < -0.4 is 11.1 Å². The van der Waals surface area contributed by atoms with Crippen molar-refractivity contribution in [2.75, 3.05) is 19.4 Å². The van der Waals surface area contributed by atoms with Crippen molar-refractivity contribution in [3.63, 3.8) is 0 Å². The van der Waals surface area contributed by atoms with Crippen molar-refractivity contribution in [2.45, 2.75) is 18.4 Å². The van der Waals surface area contributed by atoms with Crippen LogP contribution in [0.2, 0.25) is 0 Å². The summed E-state index contributed by atoms with van der Waals surface area (Å²) in [4.78, 5) is 15.1. The van der Waals surface area contributed by atoms with Gasteiger partial charge in [0.15, 0.2) is 0 Å². The number of halogens is 2. The zero-order chi connectivity index (χ0) is 13.3. The summed E-state index contributed by atoms with van der Waals surface area (Å²) in [5.74, 6) is -3.38. The van der Waals surface area contributed by atoms with Crippen LogP contribution in [0.5, 0.6) is 0 Å². The molecule has 0 aromatic carbocycles. The zero-order valence-corrected chi connectivity index (χ0v) is 9.74. The second kappa shape index (κ2) is 4.49. The molecule has 0 spiro atoms. The van der Waals surface area contributed by atoms with E-state index in [-0.39, 0.29) is 17.8 Å². The van der Waals surface area contributed by atoms with E-state index in [0.717, 1.165) is 0 Å². The van der Waals surface area contributed by atoms with E-state index >= 15 is 0 Å². The van der Waals surface area contributed by atoms with Crippen LogP contribution in [0.25, 0.3) is 0 Å². The van der Waals surface area contributed by atoms with E-state index in [9.17, 15) is 13.6 Å². The summed E-state index contributed by atoms with van der Waals surface area (Å²) in [7, 11) is 1.22. The van der Waals surface area contributed by atoms with Crippen molar-refractivity contribution in [1.82, 2.24) is 10.3 Å². The van der Waals surface area contributed by atoms with Crippen LogP contribution in [0.3, 0.4) is 0 Å². The molecule has 0 aliphatic carbocycles. The quantitative estimate of drug-likeness (QED) is 0.776. The molecule has 1 aliphatic heterocycles. The molecule has 1 aliphatic rings. The summed E-state index contributed by atoms with van der Waals surface area (Å²) in [6.45, 7) is -0.396. The van der Waals surface area contributed by atoms with E-state index in [1.165, 1.54) is 19.4 Å². The first kappa shape index (κ1) is 12.7. The molecule has 3 N–H and O–H groups in total. The van der Waals surface area contributed by atoms with E-state index in [1.54, 1.807) is 0 Å². The second-order valence-electron chi connectivity index (χ2n) is 4.18. The van der Waals surface area contributed by atoms with Crippen molar-refractivity contribution in [1.29, 1.82) is 0 Å². The lowest BCUT2D eigenvalue weighted by atomic mass is 10.0. The molecule has 0 amide bonds. The van der Waals surface area contributed by atoms with Gasteiger partial charge in [0, 0.05) is 12.5 Å². The lowest BCUT2D eigenvalue weighted by molar-refractivity contribution is 0.0210. The standard InChI is InChI=1S/C11H13F2N3O2/c1-18-10(17)8-2-6(7(14)4-15-8)9-3-11(12,13)5-16-9/h2,4,9,16H,3,5,14H2,1H3. The molecule has 2 rings (SSSR count). The van der Waals surface area contributed by atoms with Gasteiger partial charge in [0.2, 0.25) is 0 Å². The van der Waals surface area contributed by atoms with Crippen LogP contribution in [0.1, 0.15) is 28.5 Å². The fraction of sp³-hybridized carbons (Fsp3) is 0.455. The number of anilines is 1. The average molecular weight is 257 g/mol. The fourth-order valence-corrected chi connectivity index (χ4v) is 1.93. The maximum atomic E-state index is 13.1. The maximum Gasteiger partial charge on any atom is 0.356 e. The first-order valence-electron chi connectivity index (χ1n) is 5.38. The Hall–Kier alpha value is -1.76. The number of hydrogen-bond acceptors (Lipinski definition) is 5. The number of nitrogens with zero attached hydrogens (tertiary/aromatic N) is 1. The topological polar surface area (TPSA) is 77.2 Å². The molecule has 0 radical (unpaired) electrons. The minimum absolute atomic E-state index is 0.0544. The van der Waals surface area contributed by atoms with Gasteiger partial charge in [-0.2, -0.15) is 0 Å². The highest BCUT2D eigenvalue weighted by atomic mass is 19.3. The van der Waals surface area contributed by atoms with E-state index < -0.39 is 24.5 Å². The van der Waals surface area contributed by atoms with Crippen LogP contribution in [-0.2, 0) is 4.74 Å². The molecule has 98 valence electrons. The summed E-state index contributed by atoms with van der Waals surface area (Å²) in [5.41, 5.74) is 6.48. The molecule has 1 fully saturated rings. The van der Waals surface area contributed by atoms with Crippen LogP contribution in [-0.4, -0.2) is 30.5 Å². The molecule has 7 heteroatoms. The van der Waals surface area contributed by atoms with Gasteiger partial charge in [-0.3, -0.25) is 0 Å². The van der Waals surface area contributed by atoms with Crippen LogP contribution in [0.4, 0.5) is 14.5 Å². The minimum atomic E-state index is -2.76. The second-order valence-corrected chi connectivity index (χ2v) is 4.18. The molecule has 1 aromatic heterocycles. The van der Waals surface area contributed by atoms with Crippen molar-refractivity contribution in [2.24, 2.45) is 0 Å². The van der Waals surface area contributed by atoms with Gasteiger partial charge in [-0.05, 0) is 11.6 Å². The molecule has 2 heterocycles. The Morgan fingerprint density at radius 1 is 1.67 bits per heavy atom. The third-order valence-electron chi connectivity index (χ3n) is 2.85. The lowest BCUT2D eigenvalue weighted by Crippen LogP contribution is -2.20. The van der Waals surface area contributed by atoms with Gasteiger partial charge in [-0.25, -0.2) is 18.6 Å². The van der Waals surface area contributed by atoms with Crippen molar-refractivity contribution in [3.8, 4) is 0 Å². The highest BCUT2D eigenvalue weighted by Gasteiger charge is 2.40. The van der Waals surface area contributed by atoms with Gasteiger partial charge in [-0.15, -0.1) is 0 Å². The van der Waals surface area contributed by atoms with Gasteiger partial charge < -0.3 is 15.8 Å². The third kappa shape index (κ3) is 2.40. The fourth-order valence-electron chi connectivity index (χ4n) is 1.93. The Balaban J connectivity index is 2.30. The molecule has 1 saturated heterocycles. The number of methoxy groups -OCH3 is 1. The van der Waals surface area contributed by atoms with Gasteiger partial charge >= 0.3 is 5.97 Å². The van der Waals surface area contributed by atoms with Gasteiger partial charge in [0.05, 0.1) is 25.5 Å². The molecule has 1 atom stereocenters. The van der Waals surface area contributed by atoms with E-state index in [0.29, 0.717) is 5.56 Å². The molecule has 5 nitrogen and oxygen atoms in total. The molecule has 18 heavy (non-hydrogen) atoms. The van der Waals surface area contributed by atoms with Crippen LogP contribution >= 0.6 is 0 Å². The van der Waals surface area contributed by atoms with E-state index in [2.05, 4.69) is 15.0 Å². The van der Waals surface area contributed by atoms with Gasteiger partial charge in [0.25, 0.3) is 5.92 Å². The predicted molar refractivity (Wildman–Crippen MR) is 60.3 cm³/mol. The SMILES string of the molecule is COC(=O)c1cc(C2CC(F)(F)CN2)c(N)cn1. The maximum absolute atomic E-state index is 13.1. The summed E-state index contributed by atoms with van der Waals surface area (Å²) < 4.78 is 30.8. The Kier molecular flexibility index (Phi) is 3.16.